The van der Waals surface area contributed by atoms with Crippen LogP contribution < -0.4 is 11.3 Å². The van der Waals surface area contributed by atoms with Crippen LogP contribution in [0, 0.1) is 19.8 Å². The highest BCUT2D eigenvalue weighted by atomic mass is 16.5. The van der Waals surface area contributed by atoms with Crippen molar-refractivity contribution in [3.8, 4) is 0 Å². The molecule has 0 bridgehead atoms. The van der Waals surface area contributed by atoms with E-state index in [2.05, 4.69) is 15.4 Å². The smallest absolute Gasteiger partial charge is 0.160 e. The summed E-state index contributed by atoms with van der Waals surface area (Å²) in [6.07, 6.45) is 6.25. The topological polar surface area (TPSA) is 73.1 Å². The average Bonchev–Trinajstić information content (AvgIpc) is 2.44. The van der Waals surface area contributed by atoms with E-state index in [1.54, 1.807) is 7.11 Å². The molecule has 1 atom stereocenters. The first kappa shape index (κ1) is 14.2. The van der Waals surface area contributed by atoms with Crippen molar-refractivity contribution in [3.05, 3.63) is 17.1 Å². The van der Waals surface area contributed by atoms with Crippen LogP contribution in [0.5, 0.6) is 0 Å². The largest absolute Gasteiger partial charge is 0.373 e. The minimum absolute atomic E-state index is 0.0216. The van der Waals surface area contributed by atoms with Crippen molar-refractivity contribution in [1.82, 2.24) is 9.97 Å². The number of aromatic nitrogens is 2. The Morgan fingerprint density at radius 3 is 2.47 bits per heavy atom. The van der Waals surface area contributed by atoms with Gasteiger partial charge in [0.1, 0.15) is 11.9 Å². The highest BCUT2D eigenvalue weighted by molar-refractivity contribution is 5.44. The van der Waals surface area contributed by atoms with E-state index in [1.165, 1.54) is 32.1 Å². The number of nitrogens with two attached hydrogens (primary N) is 1. The number of hydrazine groups is 1. The number of nitrogens with one attached hydrogen (secondary N) is 1. The zero-order chi connectivity index (χ0) is 13.8. The molecule has 19 heavy (non-hydrogen) atoms. The van der Waals surface area contributed by atoms with Crippen LogP contribution in [0.3, 0.4) is 0 Å². The number of anilines is 1. The Kier molecular flexibility index (Phi) is 4.71. The van der Waals surface area contributed by atoms with Crippen LogP contribution in [0.4, 0.5) is 5.82 Å². The van der Waals surface area contributed by atoms with Gasteiger partial charge in [0.05, 0.1) is 0 Å². The minimum atomic E-state index is -0.0216. The standard InChI is InChI=1S/C14H24N4O/c1-9-10(2)16-14(17-13(9)18-15)12(19-3)11-7-5-4-6-8-11/h11-12H,4-8,15H2,1-3H3,(H,16,17,18). The van der Waals surface area contributed by atoms with Gasteiger partial charge >= 0.3 is 0 Å². The van der Waals surface area contributed by atoms with Crippen molar-refractivity contribution < 1.29 is 4.74 Å². The third kappa shape index (κ3) is 3.04. The van der Waals surface area contributed by atoms with Crippen LogP contribution in [0.2, 0.25) is 0 Å². The molecular weight excluding hydrogens is 240 g/mol. The molecule has 0 spiro atoms. The predicted molar refractivity (Wildman–Crippen MR) is 75.6 cm³/mol. The highest BCUT2D eigenvalue weighted by Gasteiger charge is 2.28. The van der Waals surface area contributed by atoms with E-state index in [1.807, 2.05) is 13.8 Å². The lowest BCUT2D eigenvalue weighted by Gasteiger charge is -2.28. The molecule has 1 saturated carbocycles. The van der Waals surface area contributed by atoms with Crippen LogP contribution in [0.1, 0.15) is 55.3 Å². The summed E-state index contributed by atoms with van der Waals surface area (Å²) in [4.78, 5) is 9.12. The lowest BCUT2D eigenvalue weighted by atomic mass is 9.85. The molecule has 5 heteroatoms. The maximum absolute atomic E-state index is 5.68. The minimum Gasteiger partial charge on any atom is -0.373 e. The average molecular weight is 264 g/mol. The number of methoxy groups -OCH3 is 1. The monoisotopic (exact) mass is 264 g/mol. The third-order valence-electron chi connectivity index (χ3n) is 4.13. The van der Waals surface area contributed by atoms with E-state index in [0.717, 1.165) is 17.1 Å². The van der Waals surface area contributed by atoms with Gasteiger partial charge in [-0.15, -0.1) is 0 Å². The summed E-state index contributed by atoms with van der Waals surface area (Å²) in [6, 6.07) is 0. The summed E-state index contributed by atoms with van der Waals surface area (Å²) in [6.45, 7) is 3.95. The van der Waals surface area contributed by atoms with Crippen molar-refractivity contribution >= 4 is 5.82 Å². The van der Waals surface area contributed by atoms with Gasteiger partial charge in [-0.05, 0) is 32.6 Å². The zero-order valence-corrected chi connectivity index (χ0v) is 12.1. The molecule has 1 aliphatic rings. The number of ether oxygens (including phenoxy) is 1. The molecule has 1 unspecified atom stereocenters. The number of hydrogen-bond acceptors (Lipinski definition) is 5. The van der Waals surface area contributed by atoms with E-state index in [-0.39, 0.29) is 6.10 Å². The van der Waals surface area contributed by atoms with Crippen molar-refractivity contribution in [2.24, 2.45) is 11.8 Å². The lowest BCUT2D eigenvalue weighted by Crippen LogP contribution is -2.22. The molecule has 0 aliphatic heterocycles. The molecule has 2 rings (SSSR count). The van der Waals surface area contributed by atoms with Gasteiger partial charge in [-0.1, -0.05) is 19.3 Å². The van der Waals surface area contributed by atoms with Gasteiger partial charge in [-0.25, -0.2) is 15.8 Å². The summed E-state index contributed by atoms with van der Waals surface area (Å²) in [5.74, 6) is 7.50. The number of hydrogen-bond donors (Lipinski definition) is 2. The molecule has 1 aliphatic carbocycles. The summed E-state index contributed by atoms with van der Waals surface area (Å²) in [7, 11) is 1.74. The molecule has 3 N–H and O–H groups in total. The maximum atomic E-state index is 5.68. The van der Waals surface area contributed by atoms with E-state index in [4.69, 9.17) is 10.6 Å². The van der Waals surface area contributed by atoms with E-state index in [0.29, 0.717) is 11.7 Å². The molecule has 1 aromatic rings. The van der Waals surface area contributed by atoms with Crippen LogP contribution in [-0.2, 0) is 4.74 Å². The van der Waals surface area contributed by atoms with Gasteiger partial charge in [0, 0.05) is 18.4 Å². The molecular formula is C14H24N4O. The molecule has 1 aromatic heterocycles. The first-order valence-corrected chi connectivity index (χ1v) is 7.02. The molecule has 0 radical (unpaired) electrons. The van der Waals surface area contributed by atoms with Gasteiger partial charge in [-0.2, -0.15) is 0 Å². The zero-order valence-electron chi connectivity index (χ0n) is 12.1. The fourth-order valence-corrected chi connectivity index (χ4v) is 2.86. The van der Waals surface area contributed by atoms with E-state index < -0.39 is 0 Å². The van der Waals surface area contributed by atoms with Crippen LogP contribution in [0.25, 0.3) is 0 Å². The number of nitrogen functional groups attached to an aromatic ring is 1. The van der Waals surface area contributed by atoms with Gasteiger partial charge in [0.25, 0.3) is 0 Å². The first-order chi connectivity index (χ1) is 9.17. The predicted octanol–water partition coefficient (Wildman–Crippen LogP) is 2.65. The maximum Gasteiger partial charge on any atom is 0.160 e. The van der Waals surface area contributed by atoms with Gasteiger partial charge in [0.2, 0.25) is 0 Å². The fourth-order valence-electron chi connectivity index (χ4n) is 2.86. The van der Waals surface area contributed by atoms with Crippen molar-refractivity contribution in [1.29, 1.82) is 0 Å². The normalized spacial score (nSPS) is 18.3. The number of rotatable bonds is 4. The highest BCUT2D eigenvalue weighted by Crippen LogP contribution is 2.35. The van der Waals surface area contributed by atoms with Gasteiger partial charge < -0.3 is 10.2 Å². The Morgan fingerprint density at radius 2 is 1.89 bits per heavy atom. The quantitative estimate of drug-likeness (QED) is 0.646. The molecule has 5 nitrogen and oxygen atoms in total. The lowest BCUT2D eigenvalue weighted by molar-refractivity contribution is 0.0289. The van der Waals surface area contributed by atoms with E-state index in [9.17, 15) is 0 Å². The fraction of sp³-hybridized carbons (Fsp3) is 0.714. The second-order valence-electron chi connectivity index (χ2n) is 5.34. The third-order valence-corrected chi connectivity index (χ3v) is 4.13. The van der Waals surface area contributed by atoms with E-state index >= 15 is 0 Å². The van der Waals surface area contributed by atoms with Gasteiger partial charge in [0.15, 0.2) is 5.82 Å². The molecule has 0 amide bonds. The molecule has 1 heterocycles. The van der Waals surface area contributed by atoms with Crippen molar-refractivity contribution in [2.45, 2.75) is 52.1 Å². The number of aryl methyl sites for hydroxylation is 1. The number of nitrogens with zero attached hydrogens (tertiary/aromatic N) is 2. The van der Waals surface area contributed by atoms with Crippen molar-refractivity contribution in [2.75, 3.05) is 12.5 Å². The first-order valence-electron chi connectivity index (χ1n) is 7.02. The molecule has 0 saturated heterocycles. The second-order valence-corrected chi connectivity index (χ2v) is 5.34. The summed E-state index contributed by atoms with van der Waals surface area (Å²) in [5.41, 5.74) is 4.60. The van der Waals surface area contributed by atoms with Crippen LogP contribution in [-0.4, -0.2) is 17.1 Å². The Labute approximate surface area is 114 Å². The molecule has 1 fully saturated rings. The Bertz CT molecular complexity index is 430. The van der Waals surface area contributed by atoms with Gasteiger partial charge in [-0.3, -0.25) is 0 Å². The Balaban J connectivity index is 2.29. The summed E-state index contributed by atoms with van der Waals surface area (Å²) >= 11 is 0. The molecule has 106 valence electrons. The molecule has 0 aromatic carbocycles. The summed E-state index contributed by atoms with van der Waals surface area (Å²) < 4.78 is 5.68. The summed E-state index contributed by atoms with van der Waals surface area (Å²) in [5, 5.41) is 0. The Morgan fingerprint density at radius 1 is 1.21 bits per heavy atom. The van der Waals surface area contributed by atoms with Crippen molar-refractivity contribution in [3.63, 3.8) is 0 Å². The Hall–Kier alpha value is -1.20. The van der Waals surface area contributed by atoms with Crippen LogP contribution in [0.15, 0.2) is 0 Å². The van der Waals surface area contributed by atoms with Crippen LogP contribution >= 0.6 is 0 Å². The second kappa shape index (κ2) is 6.30. The SMILES string of the molecule is COC(c1nc(C)c(C)c(NN)n1)C1CCCCC1.